The molecule has 1 amide bonds. The molecule has 2 aromatic heterocycles. The lowest BCUT2D eigenvalue weighted by Crippen LogP contribution is -2.28. The normalized spacial score (nSPS) is 14.7. The Bertz CT molecular complexity index is 608. The summed E-state index contributed by atoms with van der Waals surface area (Å²) < 4.78 is 5.99. The third kappa shape index (κ3) is 2.24. The number of carbonyl (C=O) groups is 1. The highest BCUT2D eigenvalue weighted by Crippen LogP contribution is 2.39. The van der Waals surface area contributed by atoms with Crippen LogP contribution in [0.2, 0.25) is 0 Å². The summed E-state index contributed by atoms with van der Waals surface area (Å²) in [6, 6.07) is 4.89. The fraction of sp³-hybridized carbons (Fsp3) is 0.333. The number of hydrogen-bond acceptors (Lipinski definition) is 4. The average Bonchev–Trinajstić information content (AvgIpc) is 2.92. The second-order valence-electron chi connectivity index (χ2n) is 4.29. The van der Waals surface area contributed by atoms with Crippen LogP contribution in [-0.2, 0) is 6.54 Å². The van der Waals surface area contributed by atoms with Gasteiger partial charge in [0.25, 0.3) is 0 Å². The molecule has 1 N–H and O–H groups in total. The Morgan fingerprint density at radius 1 is 1.56 bits per heavy atom. The van der Waals surface area contributed by atoms with Crippen molar-refractivity contribution in [2.24, 2.45) is 0 Å². The molecule has 0 radical (unpaired) electrons. The van der Waals surface area contributed by atoms with Crippen molar-refractivity contribution >= 4 is 17.4 Å². The van der Waals surface area contributed by atoms with Crippen LogP contribution in [0.5, 0.6) is 0 Å². The van der Waals surface area contributed by atoms with Crippen molar-refractivity contribution in [2.45, 2.75) is 25.3 Å². The fourth-order valence-corrected chi connectivity index (χ4v) is 2.46. The van der Waals surface area contributed by atoms with E-state index in [4.69, 9.17) is 4.52 Å². The third-order valence-corrected chi connectivity index (χ3v) is 3.73. The lowest BCUT2D eigenvalue weighted by atomic mass is 10.3. The molecule has 0 saturated heterocycles. The number of rotatable bonds is 3. The predicted molar refractivity (Wildman–Crippen MR) is 66.9 cm³/mol. The number of aromatic nitrogens is 1. The molecular formula is C12H12N2O3S. The van der Waals surface area contributed by atoms with E-state index in [9.17, 15) is 9.59 Å². The van der Waals surface area contributed by atoms with Gasteiger partial charge in [-0.25, -0.2) is 9.59 Å². The highest BCUT2D eigenvalue weighted by molar-refractivity contribution is 7.09. The van der Waals surface area contributed by atoms with Crippen LogP contribution in [0.4, 0.5) is 4.79 Å². The minimum atomic E-state index is -0.469. The van der Waals surface area contributed by atoms with Crippen LogP contribution in [0, 0.1) is 0 Å². The van der Waals surface area contributed by atoms with E-state index in [1.165, 1.54) is 6.07 Å². The van der Waals surface area contributed by atoms with E-state index >= 15 is 0 Å². The van der Waals surface area contributed by atoms with Gasteiger partial charge in [0, 0.05) is 16.9 Å². The summed E-state index contributed by atoms with van der Waals surface area (Å²) in [7, 11) is 0. The van der Waals surface area contributed by atoms with E-state index in [2.05, 4.69) is 5.32 Å². The molecule has 2 heterocycles. The second kappa shape index (κ2) is 4.45. The Labute approximate surface area is 107 Å². The number of amides is 1. The average molecular weight is 264 g/mol. The van der Waals surface area contributed by atoms with Crippen LogP contribution in [0.15, 0.2) is 32.9 Å². The quantitative estimate of drug-likeness (QED) is 0.923. The summed E-state index contributed by atoms with van der Waals surface area (Å²) >= 11 is 1.57. The Hall–Kier alpha value is -1.82. The molecule has 18 heavy (non-hydrogen) atoms. The monoisotopic (exact) mass is 264 g/mol. The summed E-state index contributed by atoms with van der Waals surface area (Å²) in [5, 5.41) is 4.69. The molecule has 6 heteroatoms. The molecule has 3 rings (SSSR count). The smallest absolute Gasteiger partial charge is 0.330 e. The zero-order valence-electron chi connectivity index (χ0n) is 9.59. The predicted octanol–water partition coefficient (Wildman–Crippen LogP) is 2.14. The van der Waals surface area contributed by atoms with Crippen LogP contribution in [0.25, 0.3) is 0 Å². The zero-order chi connectivity index (χ0) is 12.5. The van der Waals surface area contributed by atoms with Crippen molar-refractivity contribution in [1.29, 1.82) is 0 Å². The molecule has 1 fully saturated rings. The number of hydrogen-bond donors (Lipinski definition) is 1. The standard InChI is InChI=1S/C12H12N2O3S/c15-11-6-10(8-3-4-8)14(17-11)12(16)13-7-9-2-1-5-18-9/h1-2,5-6,8H,3-4,7H2,(H,13,16). The van der Waals surface area contributed by atoms with Crippen molar-refractivity contribution in [3.63, 3.8) is 0 Å². The van der Waals surface area contributed by atoms with Crippen LogP contribution >= 0.6 is 11.3 Å². The van der Waals surface area contributed by atoms with Gasteiger partial charge in [-0.15, -0.1) is 16.1 Å². The van der Waals surface area contributed by atoms with E-state index in [0.717, 1.165) is 22.5 Å². The van der Waals surface area contributed by atoms with Crippen LogP contribution in [0.1, 0.15) is 29.3 Å². The number of thiophene rings is 1. The lowest BCUT2D eigenvalue weighted by molar-refractivity contribution is 0.204. The number of nitrogens with one attached hydrogen (secondary N) is 1. The summed E-state index contributed by atoms with van der Waals surface area (Å²) in [5.74, 6) is 0.295. The molecule has 1 aliphatic carbocycles. The first kappa shape index (κ1) is 11.3. The van der Waals surface area contributed by atoms with Crippen LogP contribution in [0.3, 0.4) is 0 Å². The van der Waals surface area contributed by atoms with Crippen LogP contribution in [-0.4, -0.2) is 10.8 Å². The largest absolute Gasteiger partial charge is 0.358 e. The zero-order valence-corrected chi connectivity index (χ0v) is 10.4. The molecule has 2 aromatic rings. The molecule has 0 aliphatic heterocycles. The molecule has 94 valence electrons. The molecule has 0 aromatic carbocycles. The second-order valence-corrected chi connectivity index (χ2v) is 5.32. The molecule has 0 spiro atoms. The first-order valence-electron chi connectivity index (χ1n) is 5.78. The van der Waals surface area contributed by atoms with Gasteiger partial charge in [0.1, 0.15) is 0 Å². The highest BCUT2D eigenvalue weighted by atomic mass is 32.1. The third-order valence-electron chi connectivity index (χ3n) is 2.86. The van der Waals surface area contributed by atoms with Crippen molar-refractivity contribution in [3.8, 4) is 0 Å². The van der Waals surface area contributed by atoms with Gasteiger partial charge in [0.2, 0.25) is 0 Å². The number of nitrogens with zero attached hydrogens (tertiary/aromatic N) is 1. The first-order chi connectivity index (χ1) is 8.74. The summed E-state index contributed by atoms with van der Waals surface area (Å²) in [6.45, 7) is 0.447. The SMILES string of the molecule is O=C(NCc1cccs1)n1oc(=O)cc1C1CC1. The van der Waals surface area contributed by atoms with Gasteiger partial charge in [-0.1, -0.05) is 6.07 Å². The van der Waals surface area contributed by atoms with E-state index in [1.807, 2.05) is 17.5 Å². The summed E-state index contributed by atoms with van der Waals surface area (Å²) in [4.78, 5) is 24.2. The Morgan fingerprint density at radius 3 is 3.06 bits per heavy atom. The van der Waals surface area contributed by atoms with Gasteiger partial charge in [-0.2, -0.15) is 0 Å². The maximum absolute atomic E-state index is 11.9. The van der Waals surface area contributed by atoms with Gasteiger partial charge in [0.05, 0.1) is 12.2 Å². The molecule has 1 aliphatic rings. The van der Waals surface area contributed by atoms with Gasteiger partial charge >= 0.3 is 11.7 Å². The minimum absolute atomic E-state index is 0.295. The van der Waals surface area contributed by atoms with Gasteiger partial charge < -0.3 is 9.84 Å². The van der Waals surface area contributed by atoms with Crippen LogP contribution < -0.4 is 10.9 Å². The fourth-order valence-electron chi connectivity index (χ4n) is 1.82. The van der Waals surface area contributed by atoms with Gasteiger partial charge in [-0.3, -0.25) is 0 Å². The topological polar surface area (TPSA) is 64.2 Å². The minimum Gasteiger partial charge on any atom is -0.330 e. The Balaban J connectivity index is 1.73. The van der Waals surface area contributed by atoms with Crippen molar-refractivity contribution < 1.29 is 9.32 Å². The molecule has 0 atom stereocenters. The first-order valence-corrected chi connectivity index (χ1v) is 6.66. The van der Waals surface area contributed by atoms with Crippen molar-refractivity contribution in [1.82, 2.24) is 10.1 Å². The van der Waals surface area contributed by atoms with Gasteiger partial charge in [0.15, 0.2) is 0 Å². The van der Waals surface area contributed by atoms with Crippen molar-refractivity contribution in [3.05, 3.63) is 44.6 Å². The maximum Gasteiger partial charge on any atom is 0.358 e. The molecular weight excluding hydrogens is 252 g/mol. The van der Waals surface area contributed by atoms with E-state index in [1.54, 1.807) is 11.3 Å². The highest BCUT2D eigenvalue weighted by Gasteiger charge is 2.30. The molecule has 5 nitrogen and oxygen atoms in total. The van der Waals surface area contributed by atoms with E-state index in [-0.39, 0.29) is 6.03 Å². The maximum atomic E-state index is 11.9. The Morgan fingerprint density at radius 2 is 2.39 bits per heavy atom. The molecule has 1 saturated carbocycles. The van der Waals surface area contributed by atoms with Gasteiger partial charge in [-0.05, 0) is 24.3 Å². The molecule has 0 bridgehead atoms. The van der Waals surface area contributed by atoms with Crippen molar-refractivity contribution in [2.75, 3.05) is 0 Å². The summed E-state index contributed by atoms with van der Waals surface area (Å²) in [6.07, 6.45) is 2.02. The van der Waals surface area contributed by atoms with E-state index < -0.39 is 5.63 Å². The number of carbonyl (C=O) groups excluding carboxylic acids is 1. The molecule has 0 unspecified atom stereocenters. The van der Waals surface area contributed by atoms with E-state index in [0.29, 0.717) is 18.2 Å². The Kier molecular flexibility index (Phi) is 2.79. The lowest BCUT2D eigenvalue weighted by Gasteiger charge is -2.05. The summed E-state index contributed by atoms with van der Waals surface area (Å²) in [5.41, 5.74) is 0.215.